The van der Waals surface area contributed by atoms with E-state index in [4.69, 9.17) is 9.47 Å². The van der Waals surface area contributed by atoms with E-state index in [2.05, 4.69) is 32.9 Å². The van der Waals surface area contributed by atoms with E-state index in [1.54, 1.807) is 12.0 Å². The quantitative estimate of drug-likeness (QED) is 0.382. The zero-order chi connectivity index (χ0) is 25.3. The van der Waals surface area contributed by atoms with Crippen LogP contribution in [0, 0.1) is 5.82 Å². The van der Waals surface area contributed by atoms with Crippen LogP contribution in [-0.4, -0.2) is 18.1 Å². The zero-order valence-corrected chi connectivity index (χ0v) is 21.4. The third-order valence-electron chi connectivity index (χ3n) is 6.56. The van der Waals surface area contributed by atoms with Gasteiger partial charge in [0.1, 0.15) is 18.2 Å². The lowest BCUT2D eigenvalue weighted by Crippen LogP contribution is -2.26. The predicted molar refractivity (Wildman–Crippen MR) is 137 cm³/mol. The Bertz CT molecular complexity index is 1230. The number of benzene rings is 3. The lowest BCUT2D eigenvalue weighted by atomic mass is 9.79. The highest BCUT2D eigenvalue weighted by molar-refractivity contribution is 5.77. The summed E-state index contributed by atoms with van der Waals surface area (Å²) in [5.74, 6) is 0.294. The van der Waals surface area contributed by atoms with Gasteiger partial charge in [0.05, 0.1) is 7.11 Å². The van der Waals surface area contributed by atoms with Crippen LogP contribution in [0.4, 0.5) is 9.18 Å². The smallest absolute Gasteiger partial charge is 0.410 e. The Balaban J connectivity index is 1.69. The highest BCUT2D eigenvalue weighted by atomic mass is 19.1. The molecule has 3 aromatic carbocycles. The number of carbonyl (C=O) groups excluding carboxylic acids is 1. The first-order chi connectivity index (χ1) is 16.6. The molecule has 0 bridgehead atoms. The first kappa shape index (κ1) is 24.8. The molecule has 0 radical (unpaired) electrons. The third-order valence-corrected chi connectivity index (χ3v) is 6.56. The molecule has 5 heteroatoms. The molecule has 184 valence electrons. The molecule has 0 atom stereocenters. The van der Waals surface area contributed by atoms with Gasteiger partial charge < -0.3 is 9.47 Å². The van der Waals surface area contributed by atoms with E-state index in [1.807, 2.05) is 50.2 Å². The van der Waals surface area contributed by atoms with Crippen molar-refractivity contribution in [2.24, 2.45) is 0 Å². The van der Waals surface area contributed by atoms with Crippen LogP contribution in [0.3, 0.4) is 0 Å². The van der Waals surface area contributed by atoms with Crippen LogP contribution in [-0.2, 0) is 29.8 Å². The van der Waals surface area contributed by atoms with Crippen LogP contribution in [0.15, 0.2) is 54.6 Å². The molecule has 4 nitrogen and oxygen atoms in total. The number of nitrogens with zero attached hydrogens (tertiary/aromatic N) is 1. The summed E-state index contributed by atoms with van der Waals surface area (Å²) in [6, 6.07) is 17.4. The summed E-state index contributed by atoms with van der Waals surface area (Å²) < 4.78 is 25.9. The molecule has 0 saturated heterocycles. The van der Waals surface area contributed by atoms with E-state index in [9.17, 15) is 9.18 Å². The van der Waals surface area contributed by atoms with E-state index < -0.39 is 0 Å². The molecule has 0 unspecified atom stereocenters. The Labute approximate surface area is 207 Å². The Hall–Kier alpha value is -3.34. The number of hydrogen-bond donors (Lipinski definition) is 0. The van der Waals surface area contributed by atoms with Gasteiger partial charge in [0.2, 0.25) is 0 Å². The van der Waals surface area contributed by atoms with Crippen molar-refractivity contribution in [1.29, 1.82) is 0 Å². The van der Waals surface area contributed by atoms with Gasteiger partial charge in [0, 0.05) is 24.7 Å². The average molecular weight is 476 g/mol. The van der Waals surface area contributed by atoms with Gasteiger partial charge in [-0.05, 0) is 56.8 Å². The first-order valence-electron chi connectivity index (χ1n) is 12.1. The summed E-state index contributed by atoms with van der Waals surface area (Å²) in [5.41, 5.74) is 6.65. The molecule has 0 saturated carbocycles. The molecule has 1 heterocycles. The van der Waals surface area contributed by atoms with E-state index >= 15 is 0 Å². The fourth-order valence-corrected chi connectivity index (χ4v) is 4.63. The maximum absolute atomic E-state index is 14.7. The number of ether oxygens (including phenoxy) is 2. The number of rotatable bonds is 5. The van der Waals surface area contributed by atoms with Crippen molar-refractivity contribution in [3.05, 3.63) is 88.2 Å². The van der Waals surface area contributed by atoms with Gasteiger partial charge in [-0.3, -0.25) is 4.90 Å². The second-order valence-electron chi connectivity index (χ2n) is 10.5. The topological polar surface area (TPSA) is 38.8 Å². The van der Waals surface area contributed by atoms with Gasteiger partial charge in [-0.15, -0.1) is 0 Å². The summed E-state index contributed by atoms with van der Waals surface area (Å²) in [4.78, 5) is 14.6. The van der Waals surface area contributed by atoms with Gasteiger partial charge in [-0.25, -0.2) is 9.18 Å². The molecule has 1 aliphatic heterocycles. The Morgan fingerprint density at radius 1 is 1.00 bits per heavy atom. The Morgan fingerprint density at radius 2 is 1.66 bits per heavy atom. The number of hydrogen-bond acceptors (Lipinski definition) is 3. The highest BCUT2D eigenvalue weighted by Crippen LogP contribution is 2.42. The second-order valence-corrected chi connectivity index (χ2v) is 10.5. The fraction of sp³-hybridized carbons (Fsp3) is 0.367. The van der Waals surface area contributed by atoms with Crippen molar-refractivity contribution in [2.75, 3.05) is 7.11 Å². The van der Waals surface area contributed by atoms with E-state index in [0.717, 1.165) is 33.4 Å². The van der Waals surface area contributed by atoms with Gasteiger partial charge in [0.25, 0.3) is 0 Å². The SMILES string of the molecule is COc1cc(F)c(C(C)C)cc1-c1cc2c(cc1C(C)(C)C)CN(C(=O)OCc1ccccc1)C2. The summed E-state index contributed by atoms with van der Waals surface area (Å²) in [6.07, 6.45) is -0.328. The molecule has 35 heavy (non-hydrogen) atoms. The van der Waals surface area contributed by atoms with Crippen LogP contribution in [0.1, 0.15) is 68.4 Å². The van der Waals surface area contributed by atoms with Crippen LogP contribution in [0.25, 0.3) is 11.1 Å². The molecule has 3 aromatic rings. The summed E-state index contributed by atoms with van der Waals surface area (Å²) >= 11 is 0. The van der Waals surface area contributed by atoms with Crippen molar-refractivity contribution >= 4 is 6.09 Å². The molecule has 0 spiro atoms. The monoisotopic (exact) mass is 475 g/mol. The Morgan fingerprint density at radius 3 is 2.26 bits per heavy atom. The molecule has 1 amide bonds. The van der Waals surface area contributed by atoms with E-state index in [0.29, 0.717) is 24.4 Å². The molecule has 0 aliphatic carbocycles. The number of halogens is 1. The zero-order valence-electron chi connectivity index (χ0n) is 21.4. The number of fused-ring (bicyclic) bond motifs is 1. The van der Waals surface area contributed by atoms with Crippen LogP contribution >= 0.6 is 0 Å². The summed E-state index contributed by atoms with van der Waals surface area (Å²) in [7, 11) is 1.57. The number of methoxy groups -OCH3 is 1. The third kappa shape index (κ3) is 5.19. The largest absolute Gasteiger partial charge is 0.496 e. The molecule has 0 fully saturated rings. The minimum absolute atomic E-state index is 0.0436. The minimum atomic E-state index is -0.328. The maximum atomic E-state index is 14.7. The summed E-state index contributed by atoms with van der Waals surface area (Å²) in [6.45, 7) is 11.7. The number of carbonyl (C=O) groups is 1. The molecular weight excluding hydrogens is 441 g/mol. The van der Waals surface area contributed by atoms with Gasteiger partial charge in [-0.1, -0.05) is 71.0 Å². The van der Waals surface area contributed by atoms with Crippen LogP contribution < -0.4 is 4.74 Å². The molecule has 0 aromatic heterocycles. The highest BCUT2D eigenvalue weighted by Gasteiger charge is 2.30. The maximum Gasteiger partial charge on any atom is 0.410 e. The number of amides is 1. The van der Waals surface area contributed by atoms with Crippen molar-refractivity contribution < 1.29 is 18.7 Å². The van der Waals surface area contributed by atoms with E-state index in [-0.39, 0.29) is 29.9 Å². The van der Waals surface area contributed by atoms with Crippen molar-refractivity contribution in [3.63, 3.8) is 0 Å². The molecule has 1 aliphatic rings. The molecular formula is C30H34FNO3. The molecule has 0 N–H and O–H groups in total. The van der Waals surface area contributed by atoms with Gasteiger partial charge in [-0.2, -0.15) is 0 Å². The van der Waals surface area contributed by atoms with E-state index in [1.165, 1.54) is 6.07 Å². The standard InChI is InChI=1S/C30H34FNO3/c1-19(2)23-14-25(28(34-6)15-27(23)31)24-12-21-16-32(17-22(21)13-26(24)30(3,4)5)29(33)35-18-20-10-8-7-9-11-20/h7-15,19H,16-18H2,1-6H3. The summed E-state index contributed by atoms with van der Waals surface area (Å²) in [5, 5.41) is 0. The van der Waals surface area contributed by atoms with Crippen LogP contribution in [0.5, 0.6) is 5.75 Å². The molecule has 4 rings (SSSR count). The minimum Gasteiger partial charge on any atom is -0.496 e. The first-order valence-corrected chi connectivity index (χ1v) is 12.1. The van der Waals surface area contributed by atoms with Crippen molar-refractivity contribution in [2.45, 2.75) is 65.6 Å². The van der Waals surface area contributed by atoms with Crippen LogP contribution in [0.2, 0.25) is 0 Å². The second kappa shape index (κ2) is 9.73. The average Bonchev–Trinajstić information content (AvgIpc) is 3.24. The van der Waals surface area contributed by atoms with Crippen molar-refractivity contribution in [1.82, 2.24) is 4.90 Å². The van der Waals surface area contributed by atoms with Gasteiger partial charge >= 0.3 is 6.09 Å². The fourth-order valence-electron chi connectivity index (χ4n) is 4.63. The van der Waals surface area contributed by atoms with Crippen molar-refractivity contribution in [3.8, 4) is 16.9 Å². The Kier molecular flexibility index (Phi) is 6.88. The lowest BCUT2D eigenvalue weighted by molar-refractivity contribution is 0.0955. The van der Waals surface area contributed by atoms with Gasteiger partial charge in [0.15, 0.2) is 0 Å². The normalized spacial score (nSPS) is 13.2. The lowest BCUT2D eigenvalue weighted by Gasteiger charge is -2.26. The predicted octanol–water partition coefficient (Wildman–Crippen LogP) is 7.57.